The summed E-state index contributed by atoms with van der Waals surface area (Å²) in [4.78, 5) is 4.11. The van der Waals surface area contributed by atoms with E-state index in [4.69, 9.17) is 33.7 Å². The smallest absolute Gasteiger partial charge is 0.183 e. The summed E-state index contributed by atoms with van der Waals surface area (Å²) < 4.78 is 0. The van der Waals surface area contributed by atoms with E-state index in [-0.39, 0.29) is 10.6 Å². The van der Waals surface area contributed by atoms with E-state index < -0.39 is 0 Å². The van der Waals surface area contributed by atoms with Crippen LogP contribution in [0.3, 0.4) is 0 Å². The van der Waals surface area contributed by atoms with Crippen molar-refractivity contribution in [1.29, 1.82) is 10.5 Å². The number of hydrogen-bond donors (Lipinski definition) is 1. The van der Waals surface area contributed by atoms with Gasteiger partial charge in [-0.2, -0.15) is 10.5 Å². The molecule has 0 aromatic heterocycles. The zero-order valence-corrected chi connectivity index (χ0v) is 11.0. The molecule has 0 aliphatic heterocycles. The van der Waals surface area contributed by atoms with Gasteiger partial charge in [-0.05, 0) is 18.4 Å². The number of rotatable bonds is 1. The van der Waals surface area contributed by atoms with Crippen LogP contribution >= 0.6 is 35.0 Å². The molecule has 0 radical (unpaired) electrons. The van der Waals surface area contributed by atoms with E-state index in [1.165, 1.54) is 23.9 Å². The van der Waals surface area contributed by atoms with Crippen molar-refractivity contribution in [2.75, 3.05) is 6.26 Å². The molecule has 1 N–H and O–H groups in total. The Bertz CT molecular complexity index is 542. The molecule has 0 saturated heterocycles. The molecular formula is C10H6Cl2N4S. The Balaban J connectivity index is 3.32. The van der Waals surface area contributed by atoms with Gasteiger partial charge in [-0.1, -0.05) is 35.0 Å². The maximum absolute atomic E-state index is 8.95. The predicted octanol–water partition coefficient (Wildman–Crippen LogP) is 3.29. The Kier molecular flexibility index (Phi) is 5.11. The van der Waals surface area contributed by atoms with Crippen LogP contribution in [-0.2, 0) is 0 Å². The van der Waals surface area contributed by atoms with Crippen molar-refractivity contribution in [3.05, 3.63) is 27.7 Å². The van der Waals surface area contributed by atoms with Crippen molar-refractivity contribution in [2.45, 2.75) is 0 Å². The number of nitrogens with one attached hydrogen (secondary N) is 1. The number of halogens is 2. The van der Waals surface area contributed by atoms with Crippen molar-refractivity contribution in [1.82, 2.24) is 5.32 Å². The highest BCUT2D eigenvalue weighted by Gasteiger charge is 2.09. The standard InChI is InChI=1S/C10H6Cl2N4S/c1-17-10(15-5-14)16-9-6(4-13)2-7(11)3-8(9)12/h2-3H,1H3,(H,15,16). The summed E-state index contributed by atoms with van der Waals surface area (Å²) in [7, 11) is 0. The number of benzene rings is 1. The maximum Gasteiger partial charge on any atom is 0.183 e. The van der Waals surface area contributed by atoms with Crippen LogP contribution in [0.5, 0.6) is 0 Å². The van der Waals surface area contributed by atoms with Gasteiger partial charge in [0.25, 0.3) is 0 Å². The molecule has 0 aliphatic rings. The van der Waals surface area contributed by atoms with Gasteiger partial charge in [0.15, 0.2) is 11.4 Å². The topological polar surface area (TPSA) is 72.0 Å². The molecule has 1 aromatic rings. The lowest BCUT2D eigenvalue weighted by molar-refractivity contribution is 1.28. The first-order valence-corrected chi connectivity index (χ1v) is 6.27. The second-order valence-corrected chi connectivity index (χ2v) is 4.39. The first kappa shape index (κ1) is 13.7. The van der Waals surface area contributed by atoms with Crippen LogP contribution in [0, 0.1) is 22.8 Å². The highest BCUT2D eigenvalue weighted by Crippen LogP contribution is 2.32. The molecule has 17 heavy (non-hydrogen) atoms. The minimum Gasteiger partial charge on any atom is -0.271 e. The van der Waals surface area contributed by atoms with Crippen LogP contribution < -0.4 is 5.32 Å². The molecule has 0 atom stereocenters. The van der Waals surface area contributed by atoms with E-state index in [2.05, 4.69) is 10.3 Å². The molecule has 1 aromatic carbocycles. The molecule has 4 nitrogen and oxygen atoms in total. The van der Waals surface area contributed by atoms with Crippen LogP contribution in [0.1, 0.15) is 5.56 Å². The molecule has 0 spiro atoms. The van der Waals surface area contributed by atoms with E-state index in [9.17, 15) is 0 Å². The molecule has 0 heterocycles. The molecule has 1 rings (SSSR count). The monoisotopic (exact) mass is 284 g/mol. The van der Waals surface area contributed by atoms with Crippen molar-refractivity contribution in [2.24, 2.45) is 4.99 Å². The summed E-state index contributed by atoms with van der Waals surface area (Å²) in [5, 5.41) is 20.8. The lowest BCUT2D eigenvalue weighted by Gasteiger charge is -2.04. The molecule has 0 aliphatic carbocycles. The first-order valence-electron chi connectivity index (χ1n) is 4.29. The van der Waals surface area contributed by atoms with Crippen LogP contribution in [0.2, 0.25) is 10.0 Å². The summed E-state index contributed by atoms with van der Waals surface area (Å²) in [6.45, 7) is 0. The lowest BCUT2D eigenvalue weighted by atomic mass is 10.2. The van der Waals surface area contributed by atoms with Gasteiger partial charge in [0.05, 0.1) is 10.6 Å². The third kappa shape index (κ3) is 3.54. The molecule has 0 fully saturated rings. The second kappa shape index (κ2) is 6.36. The Morgan fingerprint density at radius 1 is 1.41 bits per heavy atom. The fourth-order valence-corrected chi connectivity index (χ4v) is 1.90. The number of thioether (sulfide) groups is 1. The minimum atomic E-state index is 0.258. The number of hydrogen-bond acceptors (Lipinski definition) is 4. The van der Waals surface area contributed by atoms with Gasteiger partial charge in [0, 0.05) is 5.02 Å². The normalized spacial score (nSPS) is 10.5. The van der Waals surface area contributed by atoms with E-state index >= 15 is 0 Å². The Morgan fingerprint density at radius 3 is 2.65 bits per heavy atom. The summed E-state index contributed by atoms with van der Waals surface area (Å²) in [5.74, 6) is 0. The van der Waals surface area contributed by atoms with Crippen molar-refractivity contribution < 1.29 is 0 Å². The zero-order valence-electron chi connectivity index (χ0n) is 8.66. The molecule has 0 unspecified atom stereocenters. The fourth-order valence-electron chi connectivity index (χ4n) is 1.04. The quantitative estimate of drug-likeness (QED) is 0.372. The Morgan fingerprint density at radius 2 is 2.12 bits per heavy atom. The van der Waals surface area contributed by atoms with Crippen LogP contribution in [0.15, 0.2) is 17.1 Å². The average molecular weight is 285 g/mol. The van der Waals surface area contributed by atoms with Gasteiger partial charge in [-0.3, -0.25) is 5.32 Å². The van der Waals surface area contributed by atoms with E-state index in [0.29, 0.717) is 15.9 Å². The molecule has 0 amide bonds. The van der Waals surface area contributed by atoms with Gasteiger partial charge in [0.1, 0.15) is 11.8 Å². The summed E-state index contributed by atoms with van der Waals surface area (Å²) in [5.41, 5.74) is 0.555. The largest absolute Gasteiger partial charge is 0.271 e. The molecule has 7 heteroatoms. The second-order valence-electron chi connectivity index (χ2n) is 2.75. The third-order valence-electron chi connectivity index (χ3n) is 1.72. The van der Waals surface area contributed by atoms with Crippen molar-refractivity contribution in [3.63, 3.8) is 0 Å². The van der Waals surface area contributed by atoms with Crippen LogP contribution in [0.4, 0.5) is 5.69 Å². The number of nitrogens with zero attached hydrogens (tertiary/aromatic N) is 3. The maximum atomic E-state index is 8.95. The Labute approximate surface area is 113 Å². The summed E-state index contributed by atoms with van der Waals surface area (Å²) in [6, 6.07) is 4.91. The highest BCUT2D eigenvalue weighted by molar-refractivity contribution is 8.13. The SMILES string of the molecule is CSC(=Nc1c(Cl)cc(Cl)cc1C#N)NC#N. The van der Waals surface area contributed by atoms with Crippen molar-refractivity contribution >= 4 is 45.8 Å². The number of amidine groups is 1. The number of aliphatic imine (C=N–C) groups is 1. The van der Waals surface area contributed by atoms with Gasteiger partial charge in [0.2, 0.25) is 0 Å². The van der Waals surface area contributed by atoms with Gasteiger partial charge in [-0.15, -0.1) is 0 Å². The van der Waals surface area contributed by atoms with Crippen molar-refractivity contribution in [3.8, 4) is 12.3 Å². The fraction of sp³-hybridized carbons (Fsp3) is 0.100. The Hall–Kier alpha value is -1.40. The summed E-state index contributed by atoms with van der Waals surface area (Å²) >= 11 is 13.0. The van der Waals surface area contributed by atoms with E-state index in [0.717, 1.165) is 0 Å². The molecular weight excluding hydrogens is 279 g/mol. The van der Waals surface area contributed by atoms with Crippen LogP contribution in [-0.4, -0.2) is 11.4 Å². The average Bonchev–Trinajstić information content (AvgIpc) is 2.30. The van der Waals surface area contributed by atoms with Gasteiger partial charge in [-0.25, -0.2) is 4.99 Å². The van der Waals surface area contributed by atoms with Gasteiger partial charge < -0.3 is 0 Å². The first-order chi connectivity index (χ1) is 8.12. The number of nitriles is 2. The molecule has 0 bridgehead atoms. The minimum absolute atomic E-state index is 0.258. The molecule has 86 valence electrons. The third-order valence-corrected chi connectivity index (χ3v) is 2.80. The highest BCUT2D eigenvalue weighted by atomic mass is 35.5. The van der Waals surface area contributed by atoms with E-state index in [1.54, 1.807) is 12.4 Å². The lowest BCUT2D eigenvalue weighted by Crippen LogP contribution is -2.12. The van der Waals surface area contributed by atoms with Crippen LogP contribution in [0.25, 0.3) is 0 Å². The van der Waals surface area contributed by atoms with Gasteiger partial charge >= 0.3 is 0 Å². The molecule has 0 saturated carbocycles. The predicted molar refractivity (Wildman–Crippen MR) is 70.5 cm³/mol. The zero-order chi connectivity index (χ0) is 12.8. The van der Waals surface area contributed by atoms with E-state index in [1.807, 2.05) is 6.07 Å². The summed E-state index contributed by atoms with van der Waals surface area (Å²) in [6.07, 6.45) is 3.50.